The van der Waals surface area contributed by atoms with Gasteiger partial charge in [-0.1, -0.05) is 11.8 Å². The first-order chi connectivity index (χ1) is 8.66. The van der Waals surface area contributed by atoms with Gasteiger partial charge in [-0.3, -0.25) is 9.36 Å². The van der Waals surface area contributed by atoms with Crippen molar-refractivity contribution in [2.45, 2.75) is 18.1 Å². The maximum Gasteiger partial charge on any atom is 0.343 e. The Morgan fingerprint density at radius 1 is 1.61 bits per heavy atom. The summed E-state index contributed by atoms with van der Waals surface area (Å²) in [4.78, 5) is 22.0. The lowest BCUT2D eigenvalue weighted by Gasteiger charge is -2.02. The number of H-pyrrole nitrogens is 1. The number of rotatable bonds is 6. The van der Waals surface area contributed by atoms with E-state index in [9.17, 15) is 9.59 Å². The number of carbonyl (C=O) groups is 1. The van der Waals surface area contributed by atoms with E-state index in [1.165, 1.54) is 4.57 Å². The first-order valence-electron chi connectivity index (χ1n) is 5.19. The van der Waals surface area contributed by atoms with Crippen LogP contribution >= 0.6 is 11.8 Å². The Bertz CT molecular complexity index is 572. The number of carboxylic acids is 1. The van der Waals surface area contributed by atoms with Crippen LogP contribution in [0.25, 0.3) is 0 Å². The maximum absolute atomic E-state index is 11.5. The number of aryl methyl sites for hydroxylation is 1. The lowest BCUT2D eigenvalue weighted by Crippen LogP contribution is -2.19. The SMILES string of the molecule is O=C(O)CSc1n[nH]c(=O)n1CCc1ccco1. The van der Waals surface area contributed by atoms with Gasteiger partial charge in [-0.2, -0.15) is 0 Å². The van der Waals surface area contributed by atoms with E-state index in [1.807, 2.05) is 6.07 Å². The molecule has 0 saturated carbocycles. The van der Waals surface area contributed by atoms with Crippen LogP contribution in [-0.2, 0) is 17.8 Å². The molecule has 0 aliphatic carbocycles. The molecule has 7 nitrogen and oxygen atoms in total. The normalized spacial score (nSPS) is 10.7. The van der Waals surface area contributed by atoms with Crippen molar-refractivity contribution in [3.8, 4) is 0 Å². The number of furan rings is 1. The van der Waals surface area contributed by atoms with E-state index in [0.717, 1.165) is 17.5 Å². The van der Waals surface area contributed by atoms with E-state index in [4.69, 9.17) is 9.52 Å². The van der Waals surface area contributed by atoms with Gasteiger partial charge < -0.3 is 9.52 Å². The van der Waals surface area contributed by atoms with Crippen LogP contribution in [-0.4, -0.2) is 31.6 Å². The first-order valence-corrected chi connectivity index (χ1v) is 6.17. The summed E-state index contributed by atoms with van der Waals surface area (Å²) >= 11 is 1.00. The number of aromatic nitrogens is 3. The summed E-state index contributed by atoms with van der Waals surface area (Å²) in [7, 11) is 0. The fourth-order valence-electron chi connectivity index (χ4n) is 1.41. The Hall–Kier alpha value is -1.96. The summed E-state index contributed by atoms with van der Waals surface area (Å²) in [5.74, 6) is -0.323. The van der Waals surface area contributed by atoms with Gasteiger partial charge in [0.2, 0.25) is 0 Å². The number of aliphatic carboxylic acids is 1. The zero-order chi connectivity index (χ0) is 13.0. The number of aromatic amines is 1. The summed E-state index contributed by atoms with van der Waals surface area (Å²) in [5.41, 5.74) is -0.352. The Labute approximate surface area is 106 Å². The van der Waals surface area contributed by atoms with Crippen molar-refractivity contribution in [3.05, 3.63) is 34.6 Å². The zero-order valence-corrected chi connectivity index (χ0v) is 10.1. The minimum Gasteiger partial charge on any atom is -0.481 e. The molecular formula is C10H11N3O4S. The highest BCUT2D eigenvalue weighted by molar-refractivity contribution is 7.99. The number of nitrogens with zero attached hydrogens (tertiary/aromatic N) is 2. The van der Waals surface area contributed by atoms with E-state index in [0.29, 0.717) is 18.1 Å². The fraction of sp³-hybridized carbons (Fsp3) is 0.300. The van der Waals surface area contributed by atoms with Crippen molar-refractivity contribution in [3.63, 3.8) is 0 Å². The molecule has 2 rings (SSSR count). The maximum atomic E-state index is 11.5. The first kappa shape index (κ1) is 12.5. The summed E-state index contributed by atoms with van der Waals surface area (Å²) in [5, 5.41) is 15.0. The minimum absolute atomic E-state index is 0.134. The highest BCUT2D eigenvalue weighted by Gasteiger charge is 2.11. The molecule has 0 aliphatic rings. The molecule has 0 bridgehead atoms. The molecule has 0 spiro atoms. The highest BCUT2D eigenvalue weighted by atomic mass is 32.2. The van der Waals surface area contributed by atoms with Crippen LogP contribution in [0.4, 0.5) is 0 Å². The zero-order valence-electron chi connectivity index (χ0n) is 9.33. The van der Waals surface area contributed by atoms with E-state index in [-0.39, 0.29) is 11.4 Å². The fourth-order valence-corrected chi connectivity index (χ4v) is 2.11. The largest absolute Gasteiger partial charge is 0.481 e. The quantitative estimate of drug-likeness (QED) is 0.744. The molecule has 8 heteroatoms. The van der Waals surface area contributed by atoms with Gasteiger partial charge in [0, 0.05) is 13.0 Å². The van der Waals surface area contributed by atoms with Gasteiger partial charge in [0.05, 0.1) is 12.0 Å². The van der Waals surface area contributed by atoms with Crippen LogP contribution in [0.5, 0.6) is 0 Å². The molecule has 0 aliphatic heterocycles. The molecule has 0 amide bonds. The molecule has 18 heavy (non-hydrogen) atoms. The molecule has 2 aromatic heterocycles. The number of carboxylic acid groups (broad SMARTS) is 1. The van der Waals surface area contributed by atoms with E-state index in [2.05, 4.69) is 10.2 Å². The van der Waals surface area contributed by atoms with E-state index < -0.39 is 5.97 Å². The molecule has 2 heterocycles. The second-order valence-corrected chi connectivity index (χ2v) is 4.42. The van der Waals surface area contributed by atoms with E-state index >= 15 is 0 Å². The van der Waals surface area contributed by atoms with Crippen molar-refractivity contribution >= 4 is 17.7 Å². The van der Waals surface area contributed by atoms with E-state index in [1.54, 1.807) is 12.3 Å². The molecular weight excluding hydrogens is 258 g/mol. The topological polar surface area (TPSA) is 101 Å². The molecule has 2 N–H and O–H groups in total. The van der Waals surface area contributed by atoms with Crippen LogP contribution in [0.1, 0.15) is 5.76 Å². The standard InChI is InChI=1S/C10H11N3O4S/c14-8(15)6-18-10-12-11-9(16)13(10)4-3-7-2-1-5-17-7/h1-2,5H,3-4,6H2,(H,11,16)(H,14,15). The lowest BCUT2D eigenvalue weighted by molar-refractivity contribution is -0.133. The summed E-state index contributed by atoms with van der Waals surface area (Å²) in [6.07, 6.45) is 2.11. The van der Waals surface area contributed by atoms with Crippen molar-refractivity contribution < 1.29 is 14.3 Å². The predicted octanol–water partition coefficient (Wildman–Crippen LogP) is 0.584. The Morgan fingerprint density at radius 3 is 3.11 bits per heavy atom. The molecule has 96 valence electrons. The second kappa shape index (κ2) is 5.58. The average Bonchev–Trinajstić information content (AvgIpc) is 2.94. The summed E-state index contributed by atoms with van der Waals surface area (Å²) in [6, 6.07) is 3.59. The van der Waals surface area contributed by atoms with Gasteiger partial charge >= 0.3 is 11.7 Å². The number of thioether (sulfide) groups is 1. The van der Waals surface area contributed by atoms with Crippen LogP contribution in [0, 0.1) is 0 Å². The van der Waals surface area contributed by atoms with Gasteiger partial charge in [-0.05, 0) is 12.1 Å². The van der Waals surface area contributed by atoms with Crippen molar-refractivity contribution in [2.75, 3.05) is 5.75 Å². The van der Waals surface area contributed by atoms with Crippen LogP contribution in [0.2, 0.25) is 0 Å². The van der Waals surface area contributed by atoms with Crippen LogP contribution < -0.4 is 5.69 Å². The Kier molecular flexibility index (Phi) is 3.88. The molecule has 0 fully saturated rings. The van der Waals surface area contributed by atoms with Gasteiger partial charge in [0.15, 0.2) is 5.16 Å². The Morgan fingerprint density at radius 2 is 2.44 bits per heavy atom. The van der Waals surface area contributed by atoms with Crippen molar-refractivity contribution in [1.82, 2.24) is 14.8 Å². The van der Waals surface area contributed by atoms with Crippen LogP contribution in [0.15, 0.2) is 32.8 Å². The molecule has 2 aromatic rings. The van der Waals surface area contributed by atoms with Gasteiger partial charge in [-0.15, -0.1) is 5.10 Å². The predicted molar refractivity (Wildman–Crippen MR) is 63.6 cm³/mol. The highest BCUT2D eigenvalue weighted by Crippen LogP contribution is 2.13. The monoisotopic (exact) mass is 269 g/mol. The van der Waals surface area contributed by atoms with Gasteiger partial charge in [-0.25, -0.2) is 9.89 Å². The van der Waals surface area contributed by atoms with Crippen LogP contribution in [0.3, 0.4) is 0 Å². The van der Waals surface area contributed by atoms with Crippen molar-refractivity contribution in [1.29, 1.82) is 0 Å². The van der Waals surface area contributed by atoms with Crippen molar-refractivity contribution in [2.24, 2.45) is 0 Å². The van der Waals surface area contributed by atoms with Gasteiger partial charge in [0.25, 0.3) is 0 Å². The average molecular weight is 269 g/mol. The van der Waals surface area contributed by atoms with Gasteiger partial charge in [0.1, 0.15) is 5.76 Å². The summed E-state index contributed by atoms with van der Waals surface area (Å²) < 4.78 is 6.56. The molecule has 0 atom stereocenters. The number of hydrogen-bond donors (Lipinski definition) is 2. The Balaban J connectivity index is 2.04. The third-order valence-corrected chi connectivity index (χ3v) is 3.17. The molecule has 0 aromatic carbocycles. The lowest BCUT2D eigenvalue weighted by atomic mass is 10.3. The number of hydrogen-bond acceptors (Lipinski definition) is 5. The third-order valence-electron chi connectivity index (χ3n) is 2.21. The molecule has 0 unspecified atom stereocenters. The minimum atomic E-state index is -0.951. The number of nitrogens with one attached hydrogen (secondary N) is 1. The molecule has 0 radical (unpaired) electrons. The third kappa shape index (κ3) is 3.04. The molecule has 0 saturated heterocycles. The second-order valence-electron chi connectivity index (χ2n) is 3.47. The smallest absolute Gasteiger partial charge is 0.343 e. The summed E-state index contributed by atoms with van der Waals surface area (Å²) in [6.45, 7) is 0.394.